The Morgan fingerprint density at radius 2 is 1.92 bits per heavy atom. The van der Waals surface area contributed by atoms with Gasteiger partial charge < -0.3 is 14.6 Å². The van der Waals surface area contributed by atoms with Crippen LogP contribution >= 0.6 is 0 Å². The average Bonchev–Trinajstić information content (AvgIpc) is 3.43. The average molecular weight is 504 g/mol. The Labute approximate surface area is 215 Å². The van der Waals surface area contributed by atoms with Gasteiger partial charge in [0.1, 0.15) is 18.0 Å². The number of aromatic nitrogens is 8. The van der Waals surface area contributed by atoms with Gasteiger partial charge in [0.05, 0.1) is 23.1 Å². The summed E-state index contributed by atoms with van der Waals surface area (Å²) in [5.74, 6) is 2.35. The van der Waals surface area contributed by atoms with Crippen molar-refractivity contribution in [1.29, 1.82) is 0 Å². The lowest BCUT2D eigenvalue weighted by Gasteiger charge is -2.25. The van der Waals surface area contributed by atoms with Gasteiger partial charge in [-0.1, -0.05) is 13.8 Å². The van der Waals surface area contributed by atoms with E-state index in [-0.39, 0.29) is 18.1 Å². The van der Waals surface area contributed by atoms with Crippen molar-refractivity contribution in [2.24, 2.45) is 0 Å². The molecule has 0 spiro atoms. The Hall–Kier alpha value is -3.89. The summed E-state index contributed by atoms with van der Waals surface area (Å²) >= 11 is 0. The second kappa shape index (κ2) is 9.87. The molecule has 1 aliphatic rings. The number of hydrogen-bond acceptors (Lipinski definition) is 9. The first-order valence-electron chi connectivity index (χ1n) is 12.8. The van der Waals surface area contributed by atoms with E-state index in [0.717, 1.165) is 46.8 Å². The lowest BCUT2D eigenvalue weighted by atomic mass is 9.89. The first kappa shape index (κ1) is 24.8. The predicted molar refractivity (Wildman–Crippen MR) is 140 cm³/mol. The Bertz CT molecular complexity index is 1440. The molecule has 0 radical (unpaired) electrons. The molecule has 4 aromatic rings. The molecule has 0 amide bonds. The molecule has 1 aliphatic carbocycles. The zero-order valence-corrected chi connectivity index (χ0v) is 22.2. The van der Waals surface area contributed by atoms with Crippen molar-refractivity contribution in [2.75, 3.05) is 5.32 Å². The van der Waals surface area contributed by atoms with Gasteiger partial charge in [0.15, 0.2) is 17.0 Å². The first-order valence-corrected chi connectivity index (χ1v) is 12.8. The third kappa shape index (κ3) is 4.65. The van der Waals surface area contributed by atoms with E-state index in [1.807, 2.05) is 20.8 Å². The zero-order chi connectivity index (χ0) is 26.3. The van der Waals surface area contributed by atoms with Crippen LogP contribution in [0.3, 0.4) is 0 Å². The number of hydrogen-bond donors (Lipinski definition) is 1. The summed E-state index contributed by atoms with van der Waals surface area (Å²) in [5, 5.41) is 8.28. The second-order valence-electron chi connectivity index (χ2n) is 9.99. The summed E-state index contributed by atoms with van der Waals surface area (Å²) in [6.45, 7) is 12.5. The van der Waals surface area contributed by atoms with Crippen LogP contribution in [-0.2, 0) is 24.1 Å². The van der Waals surface area contributed by atoms with Crippen LogP contribution in [0.4, 0.5) is 10.6 Å². The van der Waals surface area contributed by atoms with Gasteiger partial charge in [-0.3, -0.25) is 0 Å². The molecular formula is C26H33N9O2. The monoisotopic (exact) mass is 503 g/mol. The van der Waals surface area contributed by atoms with E-state index in [0.29, 0.717) is 30.1 Å². The van der Waals surface area contributed by atoms with Gasteiger partial charge >= 0.3 is 6.09 Å². The van der Waals surface area contributed by atoms with E-state index in [2.05, 4.69) is 55.7 Å². The van der Waals surface area contributed by atoms with Crippen LogP contribution in [0.25, 0.3) is 22.6 Å². The molecule has 4 heterocycles. The van der Waals surface area contributed by atoms with Gasteiger partial charge in [-0.2, -0.15) is 9.78 Å². The number of carbonyl (C=O) groups excluding carboxylic acids is 1. The van der Waals surface area contributed by atoms with Crippen molar-refractivity contribution in [3.8, 4) is 11.4 Å². The van der Waals surface area contributed by atoms with E-state index in [9.17, 15) is 4.79 Å². The summed E-state index contributed by atoms with van der Waals surface area (Å²) in [7, 11) is 0. The zero-order valence-electron chi connectivity index (χ0n) is 22.2. The summed E-state index contributed by atoms with van der Waals surface area (Å²) in [5.41, 5.74) is 5.30. The molecule has 11 nitrogen and oxygen atoms in total. The Kier molecular flexibility index (Phi) is 6.61. The van der Waals surface area contributed by atoms with Crippen LogP contribution in [-0.4, -0.2) is 57.5 Å². The Morgan fingerprint density at radius 1 is 1.16 bits per heavy atom. The first-order chi connectivity index (χ1) is 17.8. The molecule has 0 saturated carbocycles. The van der Waals surface area contributed by atoms with Gasteiger partial charge in [-0.05, 0) is 58.4 Å². The van der Waals surface area contributed by atoms with Crippen molar-refractivity contribution in [2.45, 2.75) is 85.4 Å². The number of nitrogens with zero attached hydrogens (tertiary/aromatic N) is 8. The minimum absolute atomic E-state index is 0.111. The van der Waals surface area contributed by atoms with Crippen molar-refractivity contribution in [3.63, 3.8) is 0 Å². The highest BCUT2D eigenvalue weighted by atomic mass is 16.6. The van der Waals surface area contributed by atoms with Crippen molar-refractivity contribution < 1.29 is 9.53 Å². The van der Waals surface area contributed by atoms with Crippen LogP contribution in [0, 0.1) is 6.92 Å². The lowest BCUT2D eigenvalue weighted by molar-refractivity contribution is 0.113. The SMILES string of the molecule is CCn1c(-c2cnc(C)nc2)nc2c(N[C@@H]3CCc4c(c(C(C)C)nn4C(=O)OC(C)C)C3)ncnc21. The third-order valence-corrected chi connectivity index (χ3v) is 6.59. The van der Waals surface area contributed by atoms with Crippen LogP contribution < -0.4 is 5.32 Å². The quantitative estimate of drug-likeness (QED) is 0.410. The molecule has 5 rings (SSSR count). The van der Waals surface area contributed by atoms with E-state index >= 15 is 0 Å². The summed E-state index contributed by atoms with van der Waals surface area (Å²) in [6.07, 6.45) is 6.79. The topological polar surface area (TPSA) is 126 Å². The molecule has 0 aromatic carbocycles. The fraction of sp³-hybridized carbons (Fsp3) is 0.500. The maximum absolute atomic E-state index is 12.7. The summed E-state index contributed by atoms with van der Waals surface area (Å²) in [4.78, 5) is 35.4. The van der Waals surface area contributed by atoms with Gasteiger partial charge in [0.2, 0.25) is 0 Å². The van der Waals surface area contributed by atoms with E-state index in [1.54, 1.807) is 18.7 Å². The molecule has 0 unspecified atom stereocenters. The molecule has 37 heavy (non-hydrogen) atoms. The van der Waals surface area contributed by atoms with Crippen LogP contribution in [0.2, 0.25) is 0 Å². The fourth-order valence-corrected chi connectivity index (χ4v) is 4.90. The molecule has 4 aromatic heterocycles. The van der Waals surface area contributed by atoms with Crippen LogP contribution in [0.1, 0.15) is 69.7 Å². The Morgan fingerprint density at radius 3 is 2.59 bits per heavy atom. The normalized spacial score (nSPS) is 15.4. The van der Waals surface area contributed by atoms with E-state index < -0.39 is 6.09 Å². The maximum Gasteiger partial charge on any atom is 0.435 e. The minimum Gasteiger partial charge on any atom is -0.445 e. The molecule has 11 heteroatoms. The maximum atomic E-state index is 12.7. The van der Waals surface area contributed by atoms with Crippen LogP contribution in [0.5, 0.6) is 0 Å². The molecule has 0 fully saturated rings. The molecule has 1 atom stereocenters. The molecule has 0 bridgehead atoms. The fourth-order valence-electron chi connectivity index (χ4n) is 4.90. The molecule has 1 N–H and O–H groups in total. The van der Waals surface area contributed by atoms with Gasteiger partial charge in [-0.15, -0.1) is 0 Å². The number of carbonyl (C=O) groups is 1. The summed E-state index contributed by atoms with van der Waals surface area (Å²) in [6, 6.07) is 0.111. The van der Waals surface area contributed by atoms with E-state index in [4.69, 9.17) is 9.72 Å². The molecular weight excluding hydrogens is 470 g/mol. The van der Waals surface area contributed by atoms with Gasteiger partial charge in [0.25, 0.3) is 0 Å². The van der Waals surface area contributed by atoms with Gasteiger partial charge in [0, 0.05) is 25.0 Å². The highest BCUT2D eigenvalue weighted by Crippen LogP contribution is 2.32. The largest absolute Gasteiger partial charge is 0.445 e. The van der Waals surface area contributed by atoms with E-state index in [1.165, 1.54) is 4.68 Å². The number of anilines is 1. The number of nitrogens with one attached hydrogen (secondary N) is 1. The van der Waals surface area contributed by atoms with Crippen molar-refractivity contribution in [3.05, 3.63) is 41.5 Å². The second-order valence-corrected chi connectivity index (χ2v) is 9.99. The molecule has 0 saturated heterocycles. The van der Waals surface area contributed by atoms with Gasteiger partial charge in [-0.25, -0.2) is 29.7 Å². The highest BCUT2D eigenvalue weighted by molar-refractivity contribution is 5.86. The number of aryl methyl sites for hydroxylation is 2. The standard InChI is InChI=1S/C26H33N9O2/c1-7-34-24(17-11-27-16(6)28-12-17)32-22-23(29-13-30-25(22)34)31-18-8-9-20-19(10-18)21(14(2)3)33-35(20)26(36)37-15(4)5/h11-15,18H,7-10H2,1-6H3,(H,29,30,31)/t18-/m1/s1. The molecule has 0 aliphatic heterocycles. The molecule has 194 valence electrons. The number of rotatable bonds is 6. The smallest absolute Gasteiger partial charge is 0.435 e. The lowest BCUT2D eigenvalue weighted by Crippen LogP contribution is -2.30. The van der Waals surface area contributed by atoms with Crippen molar-refractivity contribution >= 4 is 23.1 Å². The Balaban J connectivity index is 1.47. The number of imidazole rings is 1. The minimum atomic E-state index is -0.417. The third-order valence-electron chi connectivity index (χ3n) is 6.59. The number of fused-ring (bicyclic) bond motifs is 2. The number of ether oxygens (including phenoxy) is 1. The predicted octanol–water partition coefficient (Wildman–Crippen LogP) is 4.29. The van der Waals surface area contributed by atoms with Crippen molar-refractivity contribution in [1.82, 2.24) is 39.3 Å². The van der Waals surface area contributed by atoms with Crippen LogP contribution in [0.15, 0.2) is 18.7 Å². The highest BCUT2D eigenvalue weighted by Gasteiger charge is 2.31. The summed E-state index contributed by atoms with van der Waals surface area (Å²) < 4.78 is 8.96.